The Labute approximate surface area is 104 Å². The predicted octanol–water partition coefficient (Wildman–Crippen LogP) is 2.92. The number of rotatable bonds is 5. The van der Waals surface area contributed by atoms with Crippen molar-refractivity contribution in [2.45, 2.75) is 39.8 Å². The third-order valence-electron chi connectivity index (χ3n) is 2.18. The maximum absolute atomic E-state index is 5.43. The van der Waals surface area contributed by atoms with E-state index in [0.717, 1.165) is 6.54 Å². The Morgan fingerprint density at radius 3 is 2.65 bits per heavy atom. The molecule has 0 aliphatic rings. The van der Waals surface area contributed by atoms with Gasteiger partial charge in [-0.3, -0.25) is 0 Å². The summed E-state index contributed by atoms with van der Waals surface area (Å²) in [5.74, 6) is 0.669. The summed E-state index contributed by atoms with van der Waals surface area (Å²) in [4.78, 5) is 4.26. The molecular formula is C14H22N2O. The van der Waals surface area contributed by atoms with E-state index in [9.17, 15) is 0 Å². The Bertz CT molecular complexity index is 349. The van der Waals surface area contributed by atoms with Crippen LogP contribution in [0.15, 0.2) is 30.5 Å². The smallest absolute Gasteiger partial charge is 0.213 e. The van der Waals surface area contributed by atoms with E-state index in [0.29, 0.717) is 12.5 Å². The van der Waals surface area contributed by atoms with Gasteiger partial charge in [0.1, 0.15) is 6.61 Å². The lowest BCUT2D eigenvalue weighted by Crippen LogP contribution is -2.35. The summed E-state index contributed by atoms with van der Waals surface area (Å²) < 4.78 is 5.43. The molecule has 3 heteroatoms. The molecule has 0 saturated heterocycles. The molecule has 1 heterocycles. The molecular weight excluding hydrogens is 212 g/mol. The molecule has 0 aliphatic carbocycles. The molecule has 0 saturated carbocycles. The van der Waals surface area contributed by atoms with Crippen molar-refractivity contribution in [3.63, 3.8) is 0 Å². The lowest BCUT2D eigenvalue weighted by molar-refractivity contribution is 0.347. The first-order chi connectivity index (χ1) is 8.01. The fourth-order valence-electron chi connectivity index (χ4n) is 1.20. The van der Waals surface area contributed by atoms with Crippen molar-refractivity contribution in [2.75, 3.05) is 6.61 Å². The van der Waals surface area contributed by atoms with Crippen molar-refractivity contribution in [1.82, 2.24) is 10.3 Å². The molecule has 1 aromatic rings. The highest BCUT2D eigenvalue weighted by atomic mass is 16.5. The highest BCUT2D eigenvalue weighted by Gasteiger charge is 2.08. The van der Waals surface area contributed by atoms with Gasteiger partial charge < -0.3 is 10.1 Å². The minimum atomic E-state index is 0.126. The van der Waals surface area contributed by atoms with E-state index in [-0.39, 0.29) is 5.54 Å². The topological polar surface area (TPSA) is 34.1 Å². The second-order valence-electron chi connectivity index (χ2n) is 4.99. The number of nitrogens with zero attached hydrogens (tertiary/aromatic N) is 1. The molecule has 0 unspecified atom stereocenters. The average Bonchev–Trinajstić information content (AvgIpc) is 2.27. The number of hydrogen-bond acceptors (Lipinski definition) is 3. The quantitative estimate of drug-likeness (QED) is 0.795. The van der Waals surface area contributed by atoms with Crippen molar-refractivity contribution in [1.29, 1.82) is 0 Å². The Hall–Kier alpha value is -1.35. The fraction of sp³-hybridized carbons (Fsp3) is 0.500. The zero-order valence-electron chi connectivity index (χ0n) is 11.2. The lowest BCUT2D eigenvalue weighted by Gasteiger charge is -2.20. The summed E-state index contributed by atoms with van der Waals surface area (Å²) in [7, 11) is 0. The van der Waals surface area contributed by atoms with Gasteiger partial charge in [0.2, 0.25) is 5.88 Å². The third-order valence-corrected chi connectivity index (χ3v) is 2.18. The Morgan fingerprint density at radius 2 is 2.12 bits per heavy atom. The first-order valence-electron chi connectivity index (χ1n) is 5.95. The van der Waals surface area contributed by atoms with E-state index >= 15 is 0 Å². The summed E-state index contributed by atoms with van der Waals surface area (Å²) in [5.41, 5.74) is 1.29. The number of allylic oxidation sites excluding steroid dienone is 1. The second kappa shape index (κ2) is 6.40. The van der Waals surface area contributed by atoms with Crippen molar-refractivity contribution >= 4 is 0 Å². The van der Waals surface area contributed by atoms with Gasteiger partial charge in [0, 0.05) is 24.3 Å². The minimum absolute atomic E-state index is 0.126. The lowest BCUT2D eigenvalue weighted by atomic mass is 10.1. The van der Waals surface area contributed by atoms with E-state index in [2.05, 4.69) is 31.1 Å². The van der Waals surface area contributed by atoms with Crippen LogP contribution in [0.1, 0.15) is 33.3 Å². The molecule has 3 nitrogen and oxygen atoms in total. The maximum atomic E-state index is 5.43. The molecule has 0 amide bonds. The van der Waals surface area contributed by atoms with E-state index in [1.807, 2.05) is 37.4 Å². The van der Waals surface area contributed by atoms with Gasteiger partial charge in [-0.15, -0.1) is 0 Å². The molecule has 94 valence electrons. The van der Waals surface area contributed by atoms with Gasteiger partial charge in [-0.1, -0.05) is 18.2 Å². The largest absolute Gasteiger partial charge is 0.473 e. The highest BCUT2D eigenvalue weighted by molar-refractivity contribution is 5.18. The molecule has 0 radical (unpaired) electrons. The van der Waals surface area contributed by atoms with Crippen molar-refractivity contribution in [3.05, 3.63) is 36.0 Å². The predicted molar refractivity (Wildman–Crippen MR) is 71.1 cm³/mol. The van der Waals surface area contributed by atoms with Crippen LogP contribution in [0.5, 0.6) is 5.88 Å². The normalized spacial score (nSPS) is 12.0. The number of ether oxygens (including phenoxy) is 1. The number of hydrogen-bond donors (Lipinski definition) is 1. The van der Waals surface area contributed by atoms with Crippen LogP contribution in [0.25, 0.3) is 0 Å². The van der Waals surface area contributed by atoms with E-state index in [1.165, 1.54) is 5.56 Å². The van der Waals surface area contributed by atoms with Crippen molar-refractivity contribution < 1.29 is 4.74 Å². The highest BCUT2D eigenvalue weighted by Crippen LogP contribution is 2.09. The molecule has 0 aliphatic heterocycles. The van der Waals surface area contributed by atoms with Crippen LogP contribution in [0.3, 0.4) is 0 Å². The Kier molecular flexibility index (Phi) is 5.16. The van der Waals surface area contributed by atoms with Gasteiger partial charge in [-0.2, -0.15) is 0 Å². The summed E-state index contributed by atoms with van der Waals surface area (Å²) in [6, 6.07) is 3.94. The van der Waals surface area contributed by atoms with Crippen LogP contribution in [0.4, 0.5) is 0 Å². The molecule has 0 bridgehead atoms. The van der Waals surface area contributed by atoms with Crippen LogP contribution in [0.2, 0.25) is 0 Å². The van der Waals surface area contributed by atoms with Crippen LogP contribution in [0, 0.1) is 0 Å². The van der Waals surface area contributed by atoms with Gasteiger partial charge in [-0.25, -0.2) is 4.98 Å². The standard InChI is InChI=1S/C14H22N2O/c1-5-6-9-17-13-8-7-12(10-15-13)11-16-14(2,3)4/h5-8,10,16H,9,11H2,1-4H3. The van der Waals surface area contributed by atoms with E-state index < -0.39 is 0 Å². The molecule has 17 heavy (non-hydrogen) atoms. The second-order valence-corrected chi connectivity index (χ2v) is 4.99. The molecule has 0 spiro atoms. The van der Waals surface area contributed by atoms with Gasteiger partial charge in [-0.05, 0) is 33.3 Å². The van der Waals surface area contributed by atoms with Crippen molar-refractivity contribution in [2.24, 2.45) is 0 Å². The molecule has 1 aromatic heterocycles. The maximum Gasteiger partial charge on any atom is 0.213 e. The van der Waals surface area contributed by atoms with Gasteiger partial charge in [0.05, 0.1) is 0 Å². The van der Waals surface area contributed by atoms with Gasteiger partial charge in [0.15, 0.2) is 0 Å². The Balaban J connectivity index is 2.44. The number of aromatic nitrogens is 1. The van der Waals surface area contributed by atoms with Crippen LogP contribution in [-0.2, 0) is 6.54 Å². The Morgan fingerprint density at radius 1 is 1.35 bits per heavy atom. The SMILES string of the molecule is CC=CCOc1ccc(CNC(C)(C)C)cn1. The molecule has 0 aromatic carbocycles. The monoisotopic (exact) mass is 234 g/mol. The van der Waals surface area contributed by atoms with E-state index in [4.69, 9.17) is 4.74 Å². The summed E-state index contributed by atoms with van der Waals surface area (Å²) >= 11 is 0. The molecule has 0 atom stereocenters. The molecule has 1 N–H and O–H groups in total. The number of pyridine rings is 1. The number of nitrogens with one attached hydrogen (secondary N) is 1. The van der Waals surface area contributed by atoms with Gasteiger partial charge >= 0.3 is 0 Å². The molecule has 1 rings (SSSR count). The first-order valence-corrected chi connectivity index (χ1v) is 5.95. The summed E-state index contributed by atoms with van der Waals surface area (Å²) in [6.07, 6.45) is 5.77. The first kappa shape index (κ1) is 13.7. The van der Waals surface area contributed by atoms with Gasteiger partial charge in [0.25, 0.3) is 0 Å². The zero-order chi connectivity index (χ0) is 12.7. The zero-order valence-corrected chi connectivity index (χ0v) is 11.2. The van der Waals surface area contributed by atoms with E-state index in [1.54, 1.807) is 0 Å². The third kappa shape index (κ3) is 6.07. The molecule has 0 fully saturated rings. The van der Waals surface area contributed by atoms with Crippen LogP contribution >= 0.6 is 0 Å². The fourth-order valence-corrected chi connectivity index (χ4v) is 1.20. The van der Waals surface area contributed by atoms with Crippen molar-refractivity contribution in [3.8, 4) is 5.88 Å². The summed E-state index contributed by atoms with van der Waals surface area (Å²) in [6.45, 7) is 9.81. The minimum Gasteiger partial charge on any atom is -0.473 e. The summed E-state index contributed by atoms with van der Waals surface area (Å²) in [5, 5.41) is 3.42. The average molecular weight is 234 g/mol. The van der Waals surface area contributed by atoms with Crippen LogP contribution in [-0.4, -0.2) is 17.1 Å². The van der Waals surface area contributed by atoms with Crippen LogP contribution < -0.4 is 10.1 Å².